The number of hydrogen-bond donors (Lipinski definition) is 1. The molecule has 1 unspecified atom stereocenters. The molecular formula is C13H19FN2. The third-order valence-electron chi connectivity index (χ3n) is 3.44. The van der Waals surface area contributed by atoms with E-state index in [2.05, 4.69) is 4.98 Å². The summed E-state index contributed by atoms with van der Waals surface area (Å²) >= 11 is 0. The van der Waals surface area contributed by atoms with E-state index >= 15 is 0 Å². The van der Waals surface area contributed by atoms with Gasteiger partial charge in [-0.25, -0.2) is 4.39 Å². The molecule has 0 saturated heterocycles. The minimum Gasteiger partial charge on any atom is -0.323 e. The molecule has 0 amide bonds. The van der Waals surface area contributed by atoms with Crippen LogP contribution in [0, 0.1) is 11.7 Å². The molecule has 1 heterocycles. The molecule has 1 atom stereocenters. The summed E-state index contributed by atoms with van der Waals surface area (Å²) in [6.45, 7) is 0. The van der Waals surface area contributed by atoms with E-state index in [-0.39, 0.29) is 11.9 Å². The third kappa shape index (κ3) is 3.01. The summed E-state index contributed by atoms with van der Waals surface area (Å²) < 4.78 is 12.7. The van der Waals surface area contributed by atoms with E-state index in [4.69, 9.17) is 5.73 Å². The smallest absolute Gasteiger partial charge is 0.141 e. The molecule has 0 bridgehead atoms. The standard InChI is InChI=1S/C13H19FN2/c14-11-6-7-13(16-9-11)12(15)8-10-4-2-1-3-5-10/h6-7,9-10,12H,1-5,8,15H2. The molecule has 0 radical (unpaired) electrons. The third-order valence-corrected chi connectivity index (χ3v) is 3.44. The van der Waals surface area contributed by atoms with Crippen LogP contribution in [0.5, 0.6) is 0 Å². The fourth-order valence-electron chi connectivity index (χ4n) is 2.51. The average Bonchev–Trinajstić information content (AvgIpc) is 2.31. The van der Waals surface area contributed by atoms with Crippen LogP contribution in [0.25, 0.3) is 0 Å². The average molecular weight is 222 g/mol. The Kier molecular flexibility index (Phi) is 3.88. The Balaban J connectivity index is 1.91. The summed E-state index contributed by atoms with van der Waals surface area (Å²) in [5, 5.41) is 0. The molecule has 2 N–H and O–H groups in total. The van der Waals surface area contributed by atoms with Crippen molar-refractivity contribution in [3.63, 3.8) is 0 Å². The lowest BCUT2D eigenvalue weighted by molar-refractivity contribution is 0.317. The zero-order valence-electron chi connectivity index (χ0n) is 9.53. The van der Waals surface area contributed by atoms with E-state index in [0.717, 1.165) is 18.0 Å². The van der Waals surface area contributed by atoms with Gasteiger partial charge in [-0.2, -0.15) is 0 Å². The van der Waals surface area contributed by atoms with Crippen molar-refractivity contribution in [2.24, 2.45) is 11.7 Å². The van der Waals surface area contributed by atoms with Crippen LogP contribution in [0.15, 0.2) is 18.3 Å². The highest BCUT2D eigenvalue weighted by Crippen LogP contribution is 2.30. The first-order valence-corrected chi connectivity index (χ1v) is 6.13. The topological polar surface area (TPSA) is 38.9 Å². The van der Waals surface area contributed by atoms with Gasteiger partial charge in [-0.05, 0) is 24.5 Å². The van der Waals surface area contributed by atoms with Gasteiger partial charge in [-0.15, -0.1) is 0 Å². The maximum atomic E-state index is 12.7. The van der Waals surface area contributed by atoms with Crippen molar-refractivity contribution in [2.75, 3.05) is 0 Å². The van der Waals surface area contributed by atoms with Gasteiger partial charge in [0, 0.05) is 6.04 Å². The molecule has 1 aromatic heterocycles. The molecule has 3 heteroatoms. The number of halogens is 1. The fraction of sp³-hybridized carbons (Fsp3) is 0.615. The lowest BCUT2D eigenvalue weighted by Gasteiger charge is -2.24. The van der Waals surface area contributed by atoms with Gasteiger partial charge in [0.1, 0.15) is 5.82 Å². The summed E-state index contributed by atoms with van der Waals surface area (Å²) in [6.07, 6.45) is 8.82. The number of rotatable bonds is 3. The van der Waals surface area contributed by atoms with E-state index < -0.39 is 0 Å². The summed E-state index contributed by atoms with van der Waals surface area (Å²) in [4.78, 5) is 4.04. The zero-order chi connectivity index (χ0) is 11.4. The Labute approximate surface area is 96.1 Å². The van der Waals surface area contributed by atoms with Crippen molar-refractivity contribution in [3.8, 4) is 0 Å². The van der Waals surface area contributed by atoms with Crippen molar-refractivity contribution in [2.45, 2.75) is 44.6 Å². The minimum atomic E-state index is -0.298. The first-order chi connectivity index (χ1) is 7.75. The lowest BCUT2D eigenvalue weighted by atomic mass is 9.84. The molecule has 1 fully saturated rings. The van der Waals surface area contributed by atoms with Gasteiger partial charge in [-0.1, -0.05) is 32.1 Å². The van der Waals surface area contributed by atoms with Gasteiger partial charge in [0.25, 0.3) is 0 Å². The molecule has 88 valence electrons. The minimum absolute atomic E-state index is 0.0382. The van der Waals surface area contributed by atoms with Crippen LogP contribution in [0.4, 0.5) is 4.39 Å². The van der Waals surface area contributed by atoms with Crippen molar-refractivity contribution < 1.29 is 4.39 Å². The molecule has 1 aliphatic rings. The lowest BCUT2D eigenvalue weighted by Crippen LogP contribution is -2.18. The van der Waals surface area contributed by atoms with Crippen LogP contribution < -0.4 is 5.73 Å². The molecule has 1 saturated carbocycles. The van der Waals surface area contributed by atoms with Gasteiger partial charge in [0.15, 0.2) is 0 Å². The Hall–Kier alpha value is -0.960. The van der Waals surface area contributed by atoms with Crippen molar-refractivity contribution in [1.82, 2.24) is 4.98 Å². The second-order valence-electron chi connectivity index (χ2n) is 4.75. The largest absolute Gasteiger partial charge is 0.323 e. The molecule has 1 aliphatic carbocycles. The second-order valence-corrected chi connectivity index (χ2v) is 4.75. The summed E-state index contributed by atoms with van der Waals surface area (Å²) in [5.74, 6) is 0.434. The van der Waals surface area contributed by atoms with E-state index in [1.807, 2.05) is 0 Å². The molecule has 2 nitrogen and oxygen atoms in total. The molecule has 2 rings (SSSR count). The predicted octanol–water partition coefficient (Wildman–Crippen LogP) is 3.19. The summed E-state index contributed by atoms with van der Waals surface area (Å²) in [5.41, 5.74) is 6.90. The number of pyridine rings is 1. The maximum absolute atomic E-state index is 12.7. The van der Waals surface area contributed by atoms with Crippen molar-refractivity contribution in [3.05, 3.63) is 29.8 Å². The molecule has 0 spiro atoms. The SMILES string of the molecule is NC(CC1CCCCC1)c1ccc(F)cn1. The molecule has 0 aliphatic heterocycles. The fourth-order valence-corrected chi connectivity index (χ4v) is 2.51. The Bertz CT molecular complexity index is 317. The number of hydrogen-bond acceptors (Lipinski definition) is 2. The first kappa shape index (κ1) is 11.5. The summed E-state index contributed by atoms with van der Waals surface area (Å²) in [6, 6.07) is 3.09. The predicted molar refractivity (Wildman–Crippen MR) is 62.3 cm³/mol. The van der Waals surface area contributed by atoms with E-state index in [9.17, 15) is 4.39 Å². The zero-order valence-corrected chi connectivity index (χ0v) is 9.53. The van der Waals surface area contributed by atoms with Gasteiger partial charge in [-0.3, -0.25) is 4.98 Å². The quantitative estimate of drug-likeness (QED) is 0.853. The van der Waals surface area contributed by atoms with Crippen LogP contribution in [0.2, 0.25) is 0 Å². The second kappa shape index (κ2) is 5.39. The Morgan fingerprint density at radius 1 is 1.31 bits per heavy atom. The van der Waals surface area contributed by atoms with Crippen molar-refractivity contribution >= 4 is 0 Å². The van der Waals surface area contributed by atoms with Crippen LogP contribution in [-0.4, -0.2) is 4.98 Å². The van der Waals surface area contributed by atoms with Gasteiger partial charge in [0.2, 0.25) is 0 Å². The highest BCUT2D eigenvalue weighted by atomic mass is 19.1. The van der Waals surface area contributed by atoms with E-state index in [1.54, 1.807) is 6.07 Å². The van der Waals surface area contributed by atoms with Crippen LogP contribution in [0.3, 0.4) is 0 Å². The van der Waals surface area contributed by atoms with Crippen LogP contribution >= 0.6 is 0 Å². The Morgan fingerprint density at radius 3 is 2.69 bits per heavy atom. The normalized spacial score (nSPS) is 19.6. The van der Waals surface area contributed by atoms with Gasteiger partial charge >= 0.3 is 0 Å². The molecule has 16 heavy (non-hydrogen) atoms. The van der Waals surface area contributed by atoms with Crippen molar-refractivity contribution in [1.29, 1.82) is 0 Å². The highest BCUT2D eigenvalue weighted by molar-refractivity contribution is 5.09. The van der Waals surface area contributed by atoms with Crippen LogP contribution in [-0.2, 0) is 0 Å². The van der Waals surface area contributed by atoms with Gasteiger partial charge < -0.3 is 5.73 Å². The highest BCUT2D eigenvalue weighted by Gasteiger charge is 2.18. The maximum Gasteiger partial charge on any atom is 0.141 e. The molecule has 0 aromatic carbocycles. The molecule has 1 aromatic rings. The Morgan fingerprint density at radius 2 is 2.06 bits per heavy atom. The van der Waals surface area contributed by atoms with Gasteiger partial charge in [0.05, 0.1) is 11.9 Å². The number of aromatic nitrogens is 1. The van der Waals surface area contributed by atoms with Crippen LogP contribution in [0.1, 0.15) is 50.3 Å². The molecular weight excluding hydrogens is 203 g/mol. The first-order valence-electron chi connectivity index (χ1n) is 6.13. The van der Waals surface area contributed by atoms with E-state index in [1.165, 1.54) is 44.4 Å². The number of nitrogens with zero attached hydrogens (tertiary/aromatic N) is 1. The monoisotopic (exact) mass is 222 g/mol. The number of nitrogens with two attached hydrogens (primary N) is 1. The summed E-state index contributed by atoms with van der Waals surface area (Å²) in [7, 11) is 0. The van der Waals surface area contributed by atoms with E-state index in [0.29, 0.717) is 0 Å².